The zero-order valence-corrected chi connectivity index (χ0v) is 15.3. The lowest BCUT2D eigenvalue weighted by Crippen LogP contribution is -2.23. The second kappa shape index (κ2) is 8.28. The molecule has 1 aromatic carbocycles. The first-order valence-corrected chi connectivity index (χ1v) is 7.71. The maximum absolute atomic E-state index is 12.5. The van der Waals surface area contributed by atoms with Crippen LogP contribution in [-0.4, -0.2) is 40.3 Å². The second-order valence-corrected chi connectivity index (χ2v) is 5.24. The molecule has 0 aliphatic carbocycles. The van der Waals surface area contributed by atoms with Crippen LogP contribution in [0.2, 0.25) is 0 Å². The van der Waals surface area contributed by atoms with Crippen LogP contribution in [0.1, 0.15) is 32.2 Å². The minimum atomic E-state index is -0.495. The van der Waals surface area contributed by atoms with E-state index in [0.29, 0.717) is 28.6 Å². The van der Waals surface area contributed by atoms with Crippen molar-refractivity contribution in [3.05, 3.63) is 40.8 Å². The molecule has 0 spiro atoms. The summed E-state index contributed by atoms with van der Waals surface area (Å²) in [6.07, 6.45) is 0. The zero-order valence-electron chi connectivity index (χ0n) is 15.3. The first kappa shape index (κ1) is 19.2. The minimum absolute atomic E-state index is 0.0914. The van der Waals surface area contributed by atoms with E-state index < -0.39 is 11.9 Å². The van der Waals surface area contributed by atoms with Crippen LogP contribution in [0, 0.1) is 6.92 Å². The van der Waals surface area contributed by atoms with Crippen molar-refractivity contribution in [1.29, 1.82) is 0 Å². The van der Waals surface area contributed by atoms with E-state index in [-0.39, 0.29) is 17.9 Å². The van der Waals surface area contributed by atoms with Crippen LogP contribution in [0.5, 0.6) is 17.2 Å². The van der Waals surface area contributed by atoms with Gasteiger partial charge in [-0.15, -0.1) is 0 Å². The molecule has 0 bridgehead atoms. The Hall–Kier alpha value is -3.16. The first-order chi connectivity index (χ1) is 12.5. The van der Waals surface area contributed by atoms with Crippen molar-refractivity contribution in [2.24, 2.45) is 0 Å². The third kappa shape index (κ3) is 3.74. The summed E-state index contributed by atoms with van der Waals surface area (Å²) in [5.74, 6) is 0.993. The van der Waals surface area contributed by atoms with E-state index in [1.165, 1.54) is 34.5 Å². The van der Waals surface area contributed by atoms with E-state index in [9.17, 15) is 9.59 Å². The third-order valence-electron chi connectivity index (χ3n) is 3.75. The summed E-state index contributed by atoms with van der Waals surface area (Å²) in [6.45, 7) is 1.74. The van der Waals surface area contributed by atoms with Crippen LogP contribution in [0.15, 0.2) is 22.6 Å². The van der Waals surface area contributed by atoms with Gasteiger partial charge in [-0.05, 0) is 25.1 Å². The molecule has 140 valence electrons. The lowest BCUT2D eigenvalue weighted by molar-refractivity contribution is 0.0598. The van der Waals surface area contributed by atoms with Crippen molar-refractivity contribution >= 4 is 11.9 Å². The predicted octanol–water partition coefficient (Wildman–Crippen LogP) is 2.33. The van der Waals surface area contributed by atoms with Crippen LogP contribution < -0.4 is 19.5 Å². The average Bonchev–Trinajstić information content (AvgIpc) is 3.04. The van der Waals surface area contributed by atoms with Gasteiger partial charge in [-0.3, -0.25) is 4.79 Å². The number of amides is 1. The summed E-state index contributed by atoms with van der Waals surface area (Å²) in [5, 5.41) is 2.72. The van der Waals surface area contributed by atoms with Crippen LogP contribution in [-0.2, 0) is 11.3 Å². The van der Waals surface area contributed by atoms with Crippen molar-refractivity contribution in [3.8, 4) is 17.2 Å². The van der Waals surface area contributed by atoms with Crippen LogP contribution in [0.25, 0.3) is 0 Å². The number of esters is 1. The summed E-state index contributed by atoms with van der Waals surface area (Å²) < 4.78 is 25.9. The average molecular weight is 363 g/mol. The number of aryl methyl sites for hydroxylation is 1. The standard InChI is InChI=1S/C18H21NO7/c1-10-13(18(21)25-5)8-11(26-10)9-19-17(20)12-6-7-14(22-2)16(24-4)15(12)23-3/h6-8H,9H2,1-5H3,(H,19,20). The number of furan rings is 1. The summed E-state index contributed by atoms with van der Waals surface area (Å²) in [7, 11) is 5.68. The van der Waals surface area contributed by atoms with Gasteiger partial charge in [0.2, 0.25) is 5.75 Å². The number of ether oxygens (including phenoxy) is 4. The molecular formula is C18H21NO7. The molecule has 26 heavy (non-hydrogen) atoms. The highest BCUT2D eigenvalue weighted by Gasteiger charge is 2.21. The van der Waals surface area contributed by atoms with Crippen LogP contribution in [0.4, 0.5) is 0 Å². The summed E-state index contributed by atoms with van der Waals surface area (Å²) >= 11 is 0. The molecule has 0 aliphatic heterocycles. The number of carbonyl (C=O) groups excluding carboxylic acids is 2. The highest BCUT2D eigenvalue weighted by molar-refractivity contribution is 5.98. The smallest absolute Gasteiger partial charge is 0.341 e. The number of rotatable bonds is 7. The highest BCUT2D eigenvalue weighted by atomic mass is 16.5. The van der Waals surface area contributed by atoms with Gasteiger partial charge in [0.1, 0.15) is 17.1 Å². The van der Waals surface area contributed by atoms with Crippen molar-refractivity contribution in [2.45, 2.75) is 13.5 Å². The molecule has 2 rings (SSSR count). The van der Waals surface area contributed by atoms with E-state index in [1.807, 2.05) is 0 Å². The Balaban J connectivity index is 2.19. The molecule has 8 heteroatoms. The number of carbonyl (C=O) groups is 2. The fourth-order valence-electron chi connectivity index (χ4n) is 2.49. The number of hydrogen-bond donors (Lipinski definition) is 1. The zero-order chi connectivity index (χ0) is 19.3. The Bertz CT molecular complexity index is 810. The monoisotopic (exact) mass is 363 g/mol. The molecular weight excluding hydrogens is 342 g/mol. The highest BCUT2D eigenvalue weighted by Crippen LogP contribution is 2.39. The summed E-state index contributed by atoms with van der Waals surface area (Å²) in [5.41, 5.74) is 0.599. The number of benzene rings is 1. The van der Waals surface area contributed by atoms with Gasteiger partial charge in [-0.25, -0.2) is 4.79 Å². The normalized spacial score (nSPS) is 10.2. The first-order valence-electron chi connectivity index (χ1n) is 7.71. The molecule has 0 radical (unpaired) electrons. The lowest BCUT2D eigenvalue weighted by Gasteiger charge is -2.15. The molecule has 1 amide bonds. The quantitative estimate of drug-likeness (QED) is 0.754. The van der Waals surface area contributed by atoms with Gasteiger partial charge in [-0.2, -0.15) is 0 Å². The van der Waals surface area contributed by atoms with Crippen molar-refractivity contribution in [3.63, 3.8) is 0 Å². The van der Waals surface area contributed by atoms with Gasteiger partial charge in [0.05, 0.1) is 40.5 Å². The summed E-state index contributed by atoms with van der Waals surface area (Å²) in [4.78, 5) is 24.1. The van der Waals surface area contributed by atoms with Gasteiger partial charge < -0.3 is 28.7 Å². The van der Waals surface area contributed by atoms with Gasteiger partial charge in [0.15, 0.2) is 11.5 Å². The van der Waals surface area contributed by atoms with Crippen molar-refractivity contribution in [2.75, 3.05) is 28.4 Å². The topological polar surface area (TPSA) is 96.2 Å². The van der Waals surface area contributed by atoms with E-state index >= 15 is 0 Å². The van der Waals surface area contributed by atoms with Gasteiger partial charge in [0, 0.05) is 0 Å². The van der Waals surface area contributed by atoms with E-state index in [2.05, 4.69) is 10.1 Å². The van der Waals surface area contributed by atoms with Crippen LogP contribution in [0.3, 0.4) is 0 Å². The Morgan fingerprint density at radius 2 is 1.69 bits per heavy atom. The van der Waals surface area contributed by atoms with Gasteiger partial charge in [-0.1, -0.05) is 0 Å². The molecule has 0 saturated heterocycles. The van der Waals surface area contributed by atoms with Gasteiger partial charge >= 0.3 is 5.97 Å². The molecule has 0 saturated carbocycles. The minimum Gasteiger partial charge on any atom is -0.493 e. The Morgan fingerprint density at radius 3 is 2.27 bits per heavy atom. The SMILES string of the molecule is COC(=O)c1cc(CNC(=O)c2ccc(OC)c(OC)c2OC)oc1C. The molecule has 0 unspecified atom stereocenters. The van der Waals surface area contributed by atoms with E-state index in [1.54, 1.807) is 19.1 Å². The molecule has 2 aromatic rings. The van der Waals surface area contributed by atoms with E-state index in [4.69, 9.17) is 18.6 Å². The third-order valence-corrected chi connectivity index (χ3v) is 3.75. The molecule has 1 N–H and O–H groups in total. The molecule has 1 heterocycles. The van der Waals surface area contributed by atoms with E-state index in [0.717, 1.165) is 0 Å². The molecule has 0 aliphatic rings. The molecule has 8 nitrogen and oxygen atoms in total. The fraction of sp³-hybridized carbons (Fsp3) is 0.333. The van der Waals surface area contributed by atoms with Crippen LogP contribution >= 0.6 is 0 Å². The molecule has 1 aromatic heterocycles. The Morgan fingerprint density at radius 1 is 1.00 bits per heavy atom. The Kier molecular flexibility index (Phi) is 6.11. The molecule has 0 atom stereocenters. The Labute approximate surface area is 151 Å². The maximum Gasteiger partial charge on any atom is 0.341 e. The predicted molar refractivity (Wildman–Crippen MR) is 92.1 cm³/mol. The number of hydrogen-bond acceptors (Lipinski definition) is 7. The summed E-state index contributed by atoms with van der Waals surface area (Å²) in [6, 6.07) is 4.72. The molecule has 0 fully saturated rings. The second-order valence-electron chi connectivity index (χ2n) is 5.24. The lowest BCUT2D eigenvalue weighted by atomic mass is 10.1. The van der Waals surface area contributed by atoms with Gasteiger partial charge in [0.25, 0.3) is 5.91 Å². The number of methoxy groups -OCH3 is 4. The number of nitrogens with one attached hydrogen (secondary N) is 1. The largest absolute Gasteiger partial charge is 0.493 e. The fourth-order valence-corrected chi connectivity index (χ4v) is 2.49. The van der Waals surface area contributed by atoms with Crippen molar-refractivity contribution < 1.29 is 33.0 Å². The maximum atomic E-state index is 12.5. The van der Waals surface area contributed by atoms with Crippen molar-refractivity contribution in [1.82, 2.24) is 5.32 Å².